The number of piperidine rings is 1. The number of fused-ring (bicyclic) bond motifs is 1. The van der Waals surface area contributed by atoms with E-state index in [9.17, 15) is 19.6 Å². The van der Waals surface area contributed by atoms with E-state index in [1.54, 1.807) is 12.1 Å². The van der Waals surface area contributed by atoms with Crippen molar-refractivity contribution in [2.24, 2.45) is 0 Å². The first-order chi connectivity index (χ1) is 13.0. The van der Waals surface area contributed by atoms with E-state index >= 15 is 0 Å². The SMILES string of the molecule is O=C1CCC([N+]2([O-])Cc3c(NC[C@H]4CNCCO4)cccc3C2=O)C(=O)N1. The predicted octanol–water partition coefficient (Wildman–Crippen LogP) is -0.139. The van der Waals surface area contributed by atoms with Crippen LogP contribution in [0, 0.1) is 5.21 Å². The molecule has 3 aliphatic rings. The minimum atomic E-state index is -1.27. The van der Waals surface area contributed by atoms with Crippen molar-refractivity contribution in [1.82, 2.24) is 10.6 Å². The molecule has 2 fully saturated rings. The molecule has 144 valence electrons. The van der Waals surface area contributed by atoms with Crippen LogP contribution >= 0.6 is 0 Å². The largest absolute Gasteiger partial charge is 0.624 e. The molecule has 3 aliphatic heterocycles. The zero-order chi connectivity index (χ0) is 19.0. The molecule has 0 spiro atoms. The standard InChI is InChI=1S/C18H22N4O5/c23-16-5-4-15(17(24)21-16)22(26)10-13-12(18(22)25)2-1-3-14(13)20-9-11-8-19-6-7-27-11/h1-3,11,15,19-20H,4-10H2,(H,21,23,24)/t11-,15?,22?/m1/s1. The zero-order valence-corrected chi connectivity index (χ0v) is 14.8. The lowest BCUT2D eigenvalue weighted by Gasteiger charge is -2.42. The molecule has 1 aromatic rings. The number of morpholine rings is 1. The number of ether oxygens (including phenoxy) is 1. The number of carbonyl (C=O) groups excluding carboxylic acids is 3. The summed E-state index contributed by atoms with van der Waals surface area (Å²) >= 11 is 0. The minimum Gasteiger partial charge on any atom is -0.624 e. The van der Waals surface area contributed by atoms with Gasteiger partial charge in [0.1, 0.15) is 6.54 Å². The van der Waals surface area contributed by atoms with Crippen LogP contribution in [0.1, 0.15) is 28.8 Å². The van der Waals surface area contributed by atoms with E-state index < -0.39 is 28.4 Å². The number of imide groups is 1. The molecule has 1 aromatic carbocycles. The van der Waals surface area contributed by atoms with Gasteiger partial charge in [0.2, 0.25) is 5.91 Å². The van der Waals surface area contributed by atoms with E-state index in [1.807, 2.05) is 6.07 Å². The van der Waals surface area contributed by atoms with Gasteiger partial charge < -0.3 is 20.6 Å². The third-order valence-electron chi connectivity index (χ3n) is 5.38. The number of rotatable bonds is 4. The summed E-state index contributed by atoms with van der Waals surface area (Å²) in [5.74, 6) is -1.70. The number of anilines is 1. The van der Waals surface area contributed by atoms with Gasteiger partial charge in [-0.2, -0.15) is 0 Å². The quantitative estimate of drug-likeness (QED) is 0.381. The maximum atomic E-state index is 13.4. The second kappa shape index (κ2) is 7.01. The minimum absolute atomic E-state index is 0.00773. The Balaban J connectivity index is 1.54. The van der Waals surface area contributed by atoms with Crippen molar-refractivity contribution in [3.8, 4) is 0 Å². The first-order valence-corrected chi connectivity index (χ1v) is 9.14. The van der Waals surface area contributed by atoms with Crippen LogP contribution in [0.3, 0.4) is 0 Å². The molecule has 9 nitrogen and oxygen atoms in total. The number of benzene rings is 1. The third-order valence-corrected chi connectivity index (χ3v) is 5.38. The number of carbonyl (C=O) groups is 3. The highest BCUT2D eigenvalue weighted by Crippen LogP contribution is 2.37. The molecule has 4 rings (SSSR count). The van der Waals surface area contributed by atoms with Gasteiger partial charge >= 0.3 is 5.91 Å². The van der Waals surface area contributed by atoms with E-state index in [0.29, 0.717) is 30.0 Å². The number of nitrogens with one attached hydrogen (secondary N) is 3. The highest BCUT2D eigenvalue weighted by molar-refractivity contribution is 6.02. The van der Waals surface area contributed by atoms with Gasteiger partial charge in [-0.25, -0.2) is 4.79 Å². The van der Waals surface area contributed by atoms with Crippen LogP contribution in [0.5, 0.6) is 0 Å². The summed E-state index contributed by atoms with van der Waals surface area (Å²) in [6.45, 7) is 2.64. The fourth-order valence-electron chi connectivity index (χ4n) is 3.94. The fourth-order valence-corrected chi connectivity index (χ4v) is 3.94. The van der Waals surface area contributed by atoms with Crippen molar-refractivity contribution in [3.05, 3.63) is 34.5 Å². The van der Waals surface area contributed by atoms with Crippen LogP contribution in [0.15, 0.2) is 18.2 Å². The van der Waals surface area contributed by atoms with Gasteiger partial charge in [0, 0.05) is 43.7 Å². The third kappa shape index (κ3) is 3.23. The lowest BCUT2D eigenvalue weighted by molar-refractivity contribution is -0.825. The molecule has 0 bridgehead atoms. The molecule has 0 saturated carbocycles. The smallest absolute Gasteiger partial charge is 0.347 e. The molecule has 2 unspecified atom stereocenters. The summed E-state index contributed by atoms with van der Waals surface area (Å²) in [4.78, 5) is 36.4. The molecule has 0 aromatic heterocycles. The summed E-state index contributed by atoms with van der Waals surface area (Å²) in [6.07, 6.45) is 0.158. The Hall–Kier alpha value is -2.33. The highest BCUT2D eigenvalue weighted by atomic mass is 16.6. The van der Waals surface area contributed by atoms with E-state index in [0.717, 1.165) is 13.1 Å². The van der Waals surface area contributed by atoms with Crippen LogP contribution in [0.25, 0.3) is 0 Å². The van der Waals surface area contributed by atoms with Crippen LogP contribution in [0.2, 0.25) is 0 Å². The number of nitrogens with zero attached hydrogens (tertiary/aromatic N) is 1. The molecule has 3 N–H and O–H groups in total. The Kier molecular flexibility index (Phi) is 4.68. The molecule has 2 saturated heterocycles. The second-order valence-electron chi connectivity index (χ2n) is 7.14. The van der Waals surface area contributed by atoms with E-state index in [2.05, 4.69) is 16.0 Å². The Bertz CT molecular complexity index is 792. The first kappa shape index (κ1) is 18.1. The van der Waals surface area contributed by atoms with Gasteiger partial charge in [-0.05, 0) is 12.1 Å². The van der Waals surface area contributed by atoms with Gasteiger partial charge in [0.05, 0.1) is 18.3 Å². The van der Waals surface area contributed by atoms with Crippen molar-refractivity contribution in [1.29, 1.82) is 0 Å². The molecule has 3 atom stereocenters. The average Bonchev–Trinajstić information content (AvgIpc) is 2.93. The van der Waals surface area contributed by atoms with Crippen molar-refractivity contribution < 1.29 is 23.8 Å². The molecule has 0 radical (unpaired) electrons. The van der Waals surface area contributed by atoms with Gasteiger partial charge in [0.25, 0.3) is 5.91 Å². The summed E-state index contributed by atoms with van der Waals surface area (Å²) in [6, 6.07) is 4.06. The van der Waals surface area contributed by atoms with Gasteiger partial charge in [-0.3, -0.25) is 19.6 Å². The topological polar surface area (TPSA) is 120 Å². The van der Waals surface area contributed by atoms with E-state index in [1.165, 1.54) is 0 Å². The van der Waals surface area contributed by atoms with Crippen molar-refractivity contribution >= 4 is 23.4 Å². The Morgan fingerprint density at radius 3 is 2.89 bits per heavy atom. The lowest BCUT2D eigenvalue weighted by atomic mass is 10.0. The number of hydroxylamine groups is 3. The van der Waals surface area contributed by atoms with E-state index in [-0.39, 0.29) is 25.5 Å². The summed E-state index contributed by atoms with van der Waals surface area (Å²) in [5, 5.41) is 22.1. The second-order valence-corrected chi connectivity index (χ2v) is 7.14. The molecule has 0 aliphatic carbocycles. The maximum Gasteiger partial charge on any atom is 0.347 e. The fraction of sp³-hybridized carbons (Fsp3) is 0.500. The number of amides is 3. The highest BCUT2D eigenvalue weighted by Gasteiger charge is 2.50. The first-order valence-electron chi connectivity index (χ1n) is 9.14. The van der Waals surface area contributed by atoms with Crippen LogP contribution in [-0.4, -0.2) is 60.8 Å². The summed E-state index contributed by atoms with van der Waals surface area (Å²) < 4.78 is 4.39. The van der Waals surface area contributed by atoms with Crippen molar-refractivity contribution in [2.75, 3.05) is 31.6 Å². The van der Waals surface area contributed by atoms with Crippen LogP contribution in [-0.2, 0) is 20.9 Å². The van der Waals surface area contributed by atoms with Crippen LogP contribution < -0.4 is 16.0 Å². The predicted molar refractivity (Wildman–Crippen MR) is 95.4 cm³/mol. The van der Waals surface area contributed by atoms with Crippen LogP contribution in [0.4, 0.5) is 5.69 Å². The van der Waals surface area contributed by atoms with Crippen molar-refractivity contribution in [3.63, 3.8) is 0 Å². The Morgan fingerprint density at radius 1 is 1.30 bits per heavy atom. The summed E-state index contributed by atoms with van der Waals surface area (Å²) in [5.41, 5.74) is 1.66. The number of quaternary nitrogens is 1. The number of hydrogen-bond donors (Lipinski definition) is 3. The van der Waals surface area contributed by atoms with Crippen molar-refractivity contribution in [2.45, 2.75) is 31.5 Å². The average molecular weight is 374 g/mol. The molecular formula is C18H22N4O5. The van der Waals surface area contributed by atoms with Gasteiger partial charge in [-0.1, -0.05) is 6.07 Å². The zero-order valence-electron chi connectivity index (χ0n) is 14.8. The normalized spacial score (nSPS) is 30.8. The van der Waals surface area contributed by atoms with E-state index in [4.69, 9.17) is 4.74 Å². The van der Waals surface area contributed by atoms with Gasteiger partial charge in [0.15, 0.2) is 6.04 Å². The monoisotopic (exact) mass is 374 g/mol. The molecule has 3 heterocycles. The lowest BCUT2D eigenvalue weighted by Crippen LogP contribution is -2.60. The molecule has 3 amide bonds. The molecule has 9 heteroatoms. The maximum absolute atomic E-state index is 13.4. The Morgan fingerprint density at radius 2 is 2.15 bits per heavy atom. The Labute approximate surface area is 156 Å². The van der Waals surface area contributed by atoms with Gasteiger partial charge in [-0.15, -0.1) is 0 Å². The summed E-state index contributed by atoms with van der Waals surface area (Å²) in [7, 11) is 0. The number of hydrogen-bond acceptors (Lipinski definition) is 7. The molecule has 27 heavy (non-hydrogen) atoms. The molecular weight excluding hydrogens is 352 g/mol.